The van der Waals surface area contributed by atoms with Crippen molar-refractivity contribution in [3.05, 3.63) is 0 Å². The summed E-state index contributed by atoms with van der Waals surface area (Å²) in [6.45, 7) is 6.20. The second-order valence-corrected chi connectivity index (χ2v) is 3.48. The summed E-state index contributed by atoms with van der Waals surface area (Å²) < 4.78 is 0. The van der Waals surface area contributed by atoms with Crippen LogP contribution in [0, 0.1) is 0 Å². The summed E-state index contributed by atoms with van der Waals surface area (Å²) in [6, 6.07) is 0.204. The van der Waals surface area contributed by atoms with E-state index in [2.05, 4.69) is 15.5 Å². The first kappa shape index (κ1) is 13.8. The summed E-state index contributed by atoms with van der Waals surface area (Å²) in [5.74, 6) is 0.162. The highest BCUT2D eigenvalue weighted by Crippen LogP contribution is 2.07. The van der Waals surface area contributed by atoms with E-state index in [0.29, 0.717) is 13.0 Å². The van der Waals surface area contributed by atoms with Gasteiger partial charge in [0.25, 0.3) is 0 Å². The van der Waals surface area contributed by atoms with Gasteiger partial charge in [-0.1, -0.05) is 6.92 Å². The average Bonchev–Trinajstić information content (AvgIpc) is 2.21. The van der Waals surface area contributed by atoms with Gasteiger partial charge in [-0.25, -0.2) is 4.99 Å². The van der Waals surface area contributed by atoms with Gasteiger partial charge in [0, 0.05) is 19.0 Å². The van der Waals surface area contributed by atoms with E-state index in [9.17, 15) is 4.79 Å². The maximum absolute atomic E-state index is 10.7. The summed E-state index contributed by atoms with van der Waals surface area (Å²) in [7, 11) is 0. The van der Waals surface area contributed by atoms with Crippen molar-refractivity contribution in [2.75, 3.05) is 6.54 Å². The van der Waals surface area contributed by atoms with Gasteiger partial charge in [-0.2, -0.15) is 5.26 Å². The van der Waals surface area contributed by atoms with E-state index in [4.69, 9.17) is 5.26 Å². The second-order valence-electron chi connectivity index (χ2n) is 3.48. The Hall–Kier alpha value is -1.17. The SMILES string of the molecule is CCC(C)N(CCCC(C)=O)/N=N/OO. The summed E-state index contributed by atoms with van der Waals surface area (Å²) in [4.78, 5) is 14.3. The largest absolute Gasteiger partial charge is 0.300 e. The number of carbonyl (C=O) groups excluding carboxylic acids is 1. The summed E-state index contributed by atoms with van der Waals surface area (Å²) in [5, 5.41) is 16.5. The first-order valence-corrected chi connectivity index (χ1v) is 5.09. The Balaban J connectivity index is 4.01. The molecular formula is C9H19N3O3. The van der Waals surface area contributed by atoms with Gasteiger partial charge in [0.1, 0.15) is 5.78 Å². The van der Waals surface area contributed by atoms with Crippen LogP contribution in [0.25, 0.3) is 0 Å². The minimum Gasteiger partial charge on any atom is -0.300 e. The lowest BCUT2D eigenvalue weighted by atomic mass is 10.2. The molecule has 0 heterocycles. The molecule has 0 bridgehead atoms. The fraction of sp³-hybridized carbons (Fsp3) is 0.889. The fourth-order valence-electron chi connectivity index (χ4n) is 1.12. The molecular weight excluding hydrogens is 198 g/mol. The molecule has 0 spiro atoms. The molecule has 1 unspecified atom stereocenters. The molecule has 0 rings (SSSR count). The Labute approximate surface area is 89.8 Å². The van der Waals surface area contributed by atoms with Gasteiger partial charge in [0.05, 0.1) is 5.28 Å². The summed E-state index contributed by atoms with van der Waals surface area (Å²) in [5.41, 5.74) is 0. The topological polar surface area (TPSA) is 74.5 Å². The van der Waals surface area contributed by atoms with E-state index in [0.717, 1.165) is 12.8 Å². The third-order valence-corrected chi connectivity index (χ3v) is 2.20. The Morgan fingerprint density at radius 3 is 2.73 bits per heavy atom. The molecule has 15 heavy (non-hydrogen) atoms. The van der Waals surface area contributed by atoms with Crippen molar-refractivity contribution < 1.29 is 15.0 Å². The molecule has 0 saturated carbocycles. The minimum absolute atomic E-state index is 0.162. The van der Waals surface area contributed by atoms with E-state index < -0.39 is 0 Å². The highest BCUT2D eigenvalue weighted by atomic mass is 17.2. The van der Waals surface area contributed by atoms with Gasteiger partial charge >= 0.3 is 0 Å². The van der Waals surface area contributed by atoms with Crippen LogP contribution in [0.3, 0.4) is 0 Å². The van der Waals surface area contributed by atoms with Gasteiger partial charge in [0.15, 0.2) is 0 Å². The van der Waals surface area contributed by atoms with Crippen molar-refractivity contribution in [3.63, 3.8) is 0 Å². The van der Waals surface area contributed by atoms with E-state index in [1.165, 1.54) is 0 Å². The third-order valence-electron chi connectivity index (χ3n) is 2.20. The average molecular weight is 217 g/mol. The molecule has 0 aromatic heterocycles. The minimum atomic E-state index is 0.162. The molecule has 6 nitrogen and oxygen atoms in total. The molecule has 0 aromatic rings. The number of hydrogen-bond acceptors (Lipinski definition) is 5. The molecule has 0 aliphatic rings. The quantitative estimate of drug-likeness (QED) is 0.384. The number of hydrogen-bond donors (Lipinski definition) is 1. The maximum Gasteiger partial charge on any atom is 0.129 e. The molecule has 0 fully saturated rings. The molecule has 0 aliphatic heterocycles. The number of nitrogens with zero attached hydrogens (tertiary/aromatic N) is 3. The molecule has 6 heteroatoms. The fourth-order valence-corrected chi connectivity index (χ4v) is 1.12. The first-order chi connectivity index (χ1) is 7.11. The molecule has 0 amide bonds. The molecule has 88 valence electrons. The van der Waals surface area contributed by atoms with Crippen LogP contribution in [0.1, 0.15) is 40.0 Å². The summed E-state index contributed by atoms with van der Waals surface area (Å²) >= 11 is 0. The van der Waals surface area contributed by atoms with Crippen LogP contribution in [0.15, 0.2) is 10.5 Å². The van der Waals surface area contributed by atoms with Crippen molar-refractivity contribution in [2.45, 2.75) is 46.1 Å². The van der Waals surface area contributed by atoms with Gasteiger partial charge in [-0.05, 0) is 31.9 Å². The van der Waals surface area contributed by atoms with Crippen LogP contribution < -0.4 is 0 Å². The van der Waals surface area contributed by atoms with E-state index in [1.807, 2.05) is 13.8 Å². The van der Waals surface area contributed by atoms with Gasteiger partial charge in [-0.15, -0.1) is 0 Å². The van der Waals surface area contributed by atoms with Crippen LogP contribution in [0.5, 0.6) is 0 Å². The van der Waals surface area contributed by atoms with Crippen LogP contribution in [0.4, 0.5) is 0 Å². The predicted octanol–water partition coefficient (Wildman–Crippen LogP) is 2.23. The zero-order valence-electron chi connectivity index (χ0n) is 9.51. The van der Waals surface area contributed by atoms with Gasteiger partial charge in [-0.3, -0.25) is 5.01 Å². The number of carbonyl (C=O) groups is 1. The number of Topliss-reactive ketones (excluding diaryl/α,β-unsaturated/α-hetero) is 1. The zero-order valence-corrected chi connectivity index (χ0v) is 9.51. The third kappa shape index (κ3) is 6.84. The van der Waals surface area contributed by atoms with Gasteiger partial charge in [0.2, 0.25) is 0 Å². The molecule has 1 atom stereocenters. The predicted molar refractivity (Wildman–Crippen MR) is 54.9 cm³/mol. The van der Waals surface area contributed by atoms with Crippen molar-refractivity contribution in [2.24, 2.45) is 10.5 Å². The van der Waals surface area contributed by atoms with E-state index in [-0.39, 0.29) is 11.8 Å². The van der Waals surface area contributed by atoms with E-state index >= 15 is 0 Å². The highest BCUT2D eigenvalue weighted by Gasteiger charge is 2.10. The maximum atomic E-state index is 10.7. The van der Waals surface area contributed by atoms with Crippen molar-refractivity contribution in [3.8, 4) is 0 Å². The van der Waals surface area contributed by atoms with Crippen molar-refractivity contribution >= 4 is 5.78 Å². The van der Waals surface area contributed by atoms with Crippen LogP contribution >= 0.6 is 0 Å². The Bertz CT molecular complexity index is 209. The molecule has 0 saturated heterocycles. The van der Waals surface area contributed by atoms with E-state index in [1.54, 1.807) is 11.9 Å². The van der Waals surface area contributed by atoms with Crippen LogP contribution in [-0.4, -0.2) is 28.6 Å². The monoisotopic (exact) mass is 217 g/mol. The van der Waals surface area contributed by atoms with Crippen molar-refractivity contribution in [1.82, 2.24) is 5.01 Å². The Morgan fingerprint density at radius 2 is 2.27 bits per heavy atom. The number of ketones is 1. The smallest absolute Gasteiger partial charge is 0.129 e. The second kappa shape index (κ2) is 8.16. The van der Waals surface area contributed by atoms with Crippen molar-refractivity contribution in [1.29, 1.82) is 0 Å². The lowest BCUT2D eigenvalue weighted by Crippen LogP contribution is -2.28. The lowest BCUT2D eigenvalue weighted by molar-refractivity contribution is -0.255. The standard InChI is InChI=1S/C9H19N3O3/c1-4-8(2)12(10-11-15-14)7-5-6-9(3)13/h8,14H,4-7H2,1-3H3/b11-10+. The summed E-state index contributed by atoms with van der Waals surface area (Å²) in [6.07, 6.45) is 2.16. The first-order valence-electron chi connectivity index (χ1n) is 5.09. The molecule has 0 aliphatic carbocycles. The lowest BCUT2D eigenvalue weighted by Gasteiger charge is -2.22. The number of rotatable bonds is 8. The van der Waals surface area contributed by atoms with Crippen LogP contribution in [0.2, 0.25) is 0 Å². The molecule has 0 radical (unpaired) electrons. The van der Waals surface area contributed by atoms with Crippen LogP contribution in [-0.2, 0) is 9.78 Å². The molecule has 1 N–H and O–H groups in total. The van der Waals surface area contributed by atoms with Gasteiger partial charge < -0.3 is 4.79 Å². The Morgan fingerprint density at radius 1 is 1.60 bits per heavy atom. The molecule has 0 aromatic carbocycles. The highest BCUT2D eigenvalue weighted by molar-refractivity contribution is 5.75. The normalized spacial score (nSPS) is 12.8. The Kier molecular flexibility index (Phi) is 7.53. The zero-order chi connectivity index (χ0) is 11.7.